The SMILES string of the molecule is COc1cccc2c1C(=O)c1c(O)c3c(c(O)c1C2=O)CC(O)(C(=O)CO)CC3OC1CC(NC(=O)CCn2ccnc2[N+](=O)[O-])C(O)C(C)O1. The standard InChI is InChI=1S/C33H34N4O14/c1-14-27(41)17(35-21(40)6-8-36-9-7-34-32(36)37(47)48)10-22(50-14)51-19-12-33(46,20(39)13-38)11-16-24(19)31(45)26-25(29(16)43)28(42)15-4-3-5-18(49-2)23(15)30(26)44/h3-5,7,9,14,17,19,22,27,38,41,43,45-46H,6,8,10-13H2,1-2H3,(H,35,40). The van der Waals surface area contributed by atoms with E-state index in [2.05, 4.69) is 10.3 Å². The van der Waals surface area contributed by atoms with Crippen LogP contribution in [0, 0.1) is 10.1 Å². The lowest BCUT2D eigenvalue weighted by atomic mass is 9.72. The summed E-state index contributed by atoms with van der Waals surface area (Å²) in [7, 11) is 1.29. The van der Waals surface area contributed by atoms with Gasteiger partial charge < -0.3 is 55.2 Å². The van der Waals surface area contributed by atoms with Crippen molar-refractivity contribution in [1.29, 1.82) is 0 Å². The Hall–Kier alpha value is -5.27. The van der Waals surface area contributed by atoms with Gasteiger partial charge >= 0.3 is 5.95 Å². The Morgan fingerprint density at radius 1 is 1.18 bits per heavy atom. The van der Waals surface area contributed by atoms with Crippen molar-refractivity contribution in [2.24, 2.45) is 0 Å². The number of fused-ring (bicyclic) bond motifs is 3. The van der Waals surface area contributed by atoms with Gasteiger partial charge in [-0.15, -0.1) is 0 Å². The Balaban J connectivity index is 1.32. The number of carbonyl (C=O) groups is 4. The molecule has 0 saturated carbocycles. The molecule has 1 fully saturated rings. The van der Waals surface area contributed by atoms with Crippen molar-refractivity contribution in [2.45, 2.75) is 75.4 Å². The minimum absolute atomic E-state index is 0.0447. The molecule has 1 aliphatic heterocycles. The molecule has 1 amide bonds. The number of nitro groups is 1. The Morgan fingerprint density at radius 2 is 1.90 bits per heavy atom. The predicted octanol–water partition coefficient (Wildman–Crippen LogP) is 0.354. The summed E-state index contributed by atoms with van der Waals surface area (Å²) < 4.78 is 18.5. The monoisotopic (exact) mass is 710 g/mol. The molecule has 51 heavy (non-hydrogen) atoms. The van der Waals surface area contributed by atoms with E-state index in [-0.39, 0.29) is 47.4 Å². The molecule has 18 nitrogen and oxygen atoms in total. The number of aliphatic hydroxyl groups is 3. The number of Topliss-reactive ketones (excluding diaryl/α,β-unsaturated/α-hetero) is 1. The average molecular weight is 711 g/mol. The zero-order chi connectivity index (χ0) is 36.9. The van der Waals surface area contributed by atoms with Gasteiger partial charge in [0.2, 0.25) is 11.7 Å². The second-order valence-corrected chi connectivity index (χ2v) is 12.6. The smallest absolute Gasteiger partial charge is 0.434 e. The number of nitrogens with zero attached hydrogens (tertiary/aromatic N) is 3. The minimum Gasteiger partial charge on any atom is -0.507 e. The fourth-order valence-corrected chi connectivity index (χ4v) is 7.01. The molecular formula is C33H34N4O14. The van der Waals surface area contributed by atoms with E-state index < -0.39 is 112 Å². The lowest BCUT2D eigenvalue weighted by Gasteiger charge is -2.43. The maximum Gasteiger partial charge on any atom is 0.434 e. The van der Waals surface area contributed by atoms with Gasteiger partial charge in [0.15, 0.2) is 17.9 Å². The van der Waals surface area contributed by atoms with Crippen molar-refractivity contribution in [3.63, 3.8) is 0 Å². The minimum atomic E-state index is -2.36. The van der Waals surface area contributed by atoms with Gasteiger partial charge in [-0.1, -0.05) is 17.1 Å². The molecule has 1 aromatic heterocycles. The Labute approximate surface area is 288 Å². The molecule has 6 rings (SSSR count). The molecular weight excluding hydrogens is 676 g/mol. The molecule has 0 radical (unpaired) electrons. The molecule has 2 aromatic carbocycles. The van der Waals surface area contributed by atoms with Crippen molar-refractivity contribution >= 4 is 29.2 Å². The molecule has 270 valence electrons. The number of rotatable bonds is 10. The number of nitrogens with one attached hydrogen (secondary N) is 1. The van der Waals surface area contributed by atoms with E-state index in [9.17, 15) is 54.8 Å². The van der Waals surface area contributed by atoms with E-state index in [1.165, 1.54) is 49.2 Å². The van der Waals surface area contributed by atoms with Gasteiger partial charge in [0.1, 0.15) is 48.0 Å². The van der Waals surface area contributed by atoms with Crippen LogP contribution < -0.4 is 10.1 Å². The van der Waals surface area contributed by atoms with E-state index in [0.29, 0.717) is 0 Å². The van der Waals surface area contributed by atoms with Crippen LogP contribution >= 0.6 is 0 Å². The highest BCUT2D eigenvalue weighted by molar-refractivity contribution is 6.31. The van der Waals surface area contributed by atoms with Gasteiger partial charge in [0.05, 0.1) is 55.0 Å². The van der Waals surface area contributed by atoms with Crippen LogP contribution in [-0.4, -0.2) is 107 Å². The fraction of sp³-hybridized carbons (Fsp3) is 0.424. The molecule has 1 saturated heterocycles. The number of hydrogen-bond acceptors (Lipinski definition) is 15. The van der Waals surface area contributed by atoms with E-state index in [1.807, 2.05) is 0 Å². The van der Waals surface area contributed by atoms with Gasteiger partial charge in [-0.3, -0.25) is 19.2 Å². The number of aromatic nitrogens is 2. The summed E-state index contributed by atoms with van der Waals surface area (Å²) in [4.78, 5) is 67.4. The Morgan fingerprint density at radius 3 is 2.59 bits per heavy atom. The normalized spacial score (nSPS) is 25.4. The summed E-state index contributed by atoms with van der Waals surface area (Å²) in [5.74, 6) is -5.22. The Bertz CT molecular complexity index is 1960. The number of hydrogen-bond donors (Lipinski definition) is 6. The van der Waals surface area contributed by atoms with Crippen LogP contribution in [0.15, 0.2) is 30.6 Å². The molecule has 0 spiro atoms. The molecule has 6 atom stereocenters. The summed E-state index contributed by atoms with van der Waals surface area (Å²) in [6, 6.07) is 3.28. The number of amides is 1. The zero-order valence-electron chi connectivity index (χ0n) is 27.3. The maximum absolute atomic E-state index is 13.9. The number of ether oxygens (including phenoxy) is 3. The van der Waals surface area contributed by atoms with E-state index in [4.69, 9.17) is 14.2 Å². The predicted molar refractivity (Wildman–Crippen MR) is 169 cm³/mol. The number of phenolic OH excluding ortho intramolecular Hbond substituents is 2. The second kappa shape index (κ2) is 13.5. The third kappa shape index (κ3) is 6.10. The number of benzene rings is 2. The highest BCUT2D eigenvalue weighted by atomic mass is 16.7. The fourth-order valence-electron chi connectivity index (χ4n) is 7.01. The highest BCUT2D eigenvalue weighted by Gasteiger charge is 2.50. The number of phenols is 2. The molecule has 2 heterocycles. The van der Waals surface area contributed by atoms with E-state index in [1.54, 1.807) is 0 Å². The van der Waals surface area contributed by atoms with Crippen molar-refractivity contribution in [3.05, 3.63) is 74.1 Å². The third-order valence-electron chi connectivity index (χ3n) is 9.54. The number of carbonyl (C=O) groups excluding carboxylic acids is 4. The molecule has 3 aliphatic rings. The van der Waals surface area contributed by atoms with Gasteiger partial charge in [-0.2, -0.15) is 0 Å². The quantitative estimate of drug-likeness (QED) is 0.0736. The molecule has 6 N–H and O–H groups in total. The summed E-state index contributed by atoms with van der Waals surface area (Å²) >= 11 is 0. The number of imidazole rings is 1. The largest absolute Gasteiger partial charge is 0.507 e. The van der Waals surface area contributed by atoms with Gasteiger partial charge in [-0.25, -0.2) is 4.57 Å². The van der Waals surface area contributed by atoms with Crippen LogP contribution in [0.1, 0.15) is 75.3 Å². The van der Waals surface area contributed by atoms with Crippen molar-refractivity contribution in [2.75, 3.05) is 13.7 Å². The number of aliphatic hydroxyl groups excluding tert-OH is 2. The molecule has 3 aromatic rings. The third-order valence-corrected chi connectivity index (χ3v) is 9.54. The summed E-state index contributed by atoms with van der Waals surface area (Å²) in [5, 5.41) is 69.0. The van der Waals surface area contributed by atoms with Crippen molar-refractivity contribution < 1.29 is 63.8 Å². The van der Waals surface area contributed by atoms with Crippen LogP contribution in [0.2, 0.25) is 0 Å². The first kappa shape index (κ1) is 35.6. The number of ketones is 3. The first-order valence-electron chi connectivity index (χ1n) is 15.9. The zero-order valence-corrected chi connectivity index (χ0v) is 27.3. The molecule has 2 aliphatic carbocycles. The summed E-state index contributed by atoms with van der Waals surface area (Å²) in [5.41, 5.74) is -4.20. The first-order chi connectivity index (χ1) is 24.2. The summed E-state index contributed by atoms with van der Waals surface area (Å²) in [6.45, 7) is 0.307. The highest BCUT2D eigenvalue weighted by Crippen LogP contribution is 2.52. The number of aromatic hydroxyl groups is 2. The number of aryl methyl sites for hydroxylation is 1. The summed E-state index contributed by atoms with van der Waals surface area (Å²) in [6.07, 6.45) is -4.11. The average Bonchev–Trinajstić information content (AvgIpc) is 3.58. The first-order valence-corrected chi connectivity index (χ1v) is 15.9. The van der Waals surface area contributed by atoms with Gasteiger partial charge in [0.25, 0.3) is 0 Å². The van der Waals surface area contributed by atoms with Crippen LogP contribution in [0.25, 0.3) is 0 Å². The van der Waals surface area contributed by atoms with Crippen molar-refractivity contribution in [1.82, 2.24) is 14.9 Å². The lowest BCUT2D eigenvalue weighted by Crippen LogP contribution is -2.56. The van der Waals surface area contributed by atoms with E-state index in [0.717, 1.165) is 0 Å². The number of methoxy groups -OCH3 is 1. The van der Waals surface area contributed by atoms with Crippen LogP contribution in [-0.2, 0) is 32.0 Å². The maximum atomic E-state index is 13.9. The van der Waals surface area contributed by atoms with Crippen LogP contribution in [0.5, 0.6) is 17.2 Å². The molecule has 18 heteroatoms. The van der Waals surface area contributed by atoms with Crippen LogP contribution in [0.3, 0.4) is 0 Å². The van der Waals surface area contributed by atoms with Crippen molar-refractivity contribution in [3.8, 4) is 17.2 Å². The van der Waals surface area contributed by atoms with E-state index >= 15 is 0 Å². The molecule has 6 unspecified atom stereocenters. The van der Waals surface area contributed by atoms with Gasteiger partial charge in [-0.05, 0) is 17.9 Å². The molecule has 0 bridgehead atoms. The van der Waals surface area contributed by atoms with Crippen LogP contribution in [0.4, 0.5) is 5.95 Å². The topological polar surface area (TPSA) is 270 Å². The lowest BCUT2D eigenvalue weighted by molar-refractivity contribution is -0.396. The second-order valence-electron chi connectivity index (χ2n) is 12.6. The van der Waals surface area contributed by atoms with Gasteiger partial charge in [0, 0.05) is 36.0 Å². The Kier molecular flexibility index (Phi) is 9.38.